The number of carbonyl (C=O) groups excluding carboxylic acids is 2. The molecule has 2 amide bonds. The fraction of sp³-hybridized carbons (Fsp3) is 0.476. The van der Waals surface area contributed by atoms with Gasteiger partial charge in [0.2, 0.25) is 11.8 Å². The van der Waals surface area contributed by atoms with Crippen molar-refractivity contribution in [1.82, 2.24) is 25.0 Å². The quantitative estimate of drug-likeness (QED) is 0.784. The number of carbonyl (C=O) groups is 2. The van der Waals surface area contributed by atoms with Crippen LogP contribution in [-0.2, 0) is 9.59 Å². The summed E-state index contributed by atoms with van der Waals surface area (Å²) in [6.45, 7) is 5.61. The maximum Gasteiger partial charge on any atom is 0.227 e. The van der Waals surface area contributed by atoms with Crippen molar-refractivity contribution < 1.29 is 9.59 Å². The first kappa shape index (κ1) is 19.3. The molecule has 29 heavy (non-hydrogen) atoms. The van der Waals surface area contributed by atoms with E-state index < -0.39 is 0 Å². The molecule has 2 saturated heterocycles. The van der Waals surface area contributed by atoms with Crippen LogP contribution >= 0.6 is 0 Å². The van der Waals surface area contributed by atoms with Gasteiger partial charge >= 0.3 is 0 Å². The van der Waals surface area contributed by atoms with Gasteiger partial charge in [0.1, 0.15) is 0 Å². The lowest BCUT2D eigenvalue weighted by Crippen LogP contribution is -2.53. The monoisotopic (exact) mass is 394 g/mol. The van der Waals surface area contributed by atoms with E-state index in [9.17, 15) is 9.59 Å². The summed E-state index contributed by atoms with van der Waals surface area (Å²) in [5.74, 6) is 1.05. The van der Waals surface area contributed by atoms with Gasteiger partial charge in [-0.25, -0.2) is 0 Å². The minimum atomic E-state index is -0.0331. The molecule has 4 rings (SSSR count). The third-order valence-electron chi connectivity index (χ3n) is 5.76. The standard InChI is InChI=1S/C21H26N6O2/c1-16(28)25-11-13-26(14-12-25)21(29)18-3-2-10-27(15-18)20-5-4-19(23-24-20)17-6-8-22-9-7-17/h4-9,18H,2-3,10-15H2,1H3. The van der Waals surface area contributed by atoms with Crippen LogP contribution in [0.2, 0.25) is 0 Å². The molecule has 2 aromatic rings. The lowest BCUT2D eigenvalue weighted by atomic mass is 9.96. The topological polar surface area (TPSA) is 82.5 Å². The van der Waals surface area contributed by atoms with Crippen molar-refractivity contribution in [2.24, 2.45) is 5.92 Å². The molecule has 8 nitrogen and oxygen atoms in total. The molecule has 0 saturated carbocycles. The number of hydrogen-bond donors (Lipinski definition) is 0. The van der Waals surface area contributed by atoms with Crippen LogP contribution in [0.25, 0.3) is 11.3 Å². The average Bonchev–Trinajstić information content (AvgIpc) is 2.79. The second-order valence-electron chi connectivity index (χ2n) is 7.63. The van der Waals surface area contributed by atoms with Crippen molar-refractivity contribution in [2.75, 3.05) is 44.2 Å². The number of rotatable bonds is 3. The zero-order valence-electron chi connectivity index (χ0n) is 16.7. The van der Waals surface area contributed by atoms with Crippen LogP contribution in [0.1, 0.15) is 19.8 Å². The largest absolute Gasteiger partial charge is 0.354 e. The summed E-state index contributed by atoms with van der Waals surface area (Å²) in [5, 5.41) is 8.76. The molecule has 8 heteroatoms. The van der Waals surface area contributed by atoms with Crippen molar-refractivity contribution in [3.63, 3.8) is 0 Å². The van der Waals surface area contributed by atoms with E-state index in [0.29, 0.717) is 32.7 Å². The summed E-state index contributed by atoms with van der Waals surface area (Å²) >= 11 is 0. The summed E-state index contributed by atoms with van der Waals surface area (Å²) in [6, 6.07) is 7.75. The maximum atomic E-state index is 13.0. The van der Waals surface area contributed by atoms with Crippen LogP contribution in [0, 0.1) is 5.92 Å². The minimum absolute atomic E-state index is 0.0331. The summed E-state index contributed by atoms with van der Waals surface area (Å²) < 4.78 is 0. The van der Waals surface area contributed by atoms with Gasteiger partial charge in [-0.1, -0.05) is 0 Å². The van der Waals surface area contributed by atoms with Crippen molar-refractivity contribution in [3.8, 4) is 11.3 Å². The molecule has 0 spiro atoms. The molecular weight excluding hydrogens is 368 g/mol. The molecule has 1 unspecified atom stereocenters. The molecule has 152 valence electrons. The fourth-order valence-corrected chi connectivity index (χ4v) is 4.06. The number of piperidine rings is 1. The van der Waals surface area contributed by atoms with Crippen LogP contribution in [0.5, 0.6) is 0 Å². The molecule has 0 aliphatic carbocycles. The molecule has 0 N–H and O–H groups in total. The third-order valence-corrected chi connectivity index (χ3v) is 5.76. The molecule has 0 bridgehead atoms. The Morgan fingerprint density at radius 1 is 0.931 bits per heavy atom. The first-order valence-corrected chi connectivity index (χ1v) is 10.1. The Bertz CT molecular complexity index is 849. The summed E-state index contributed by atoms with van der Waals surface area (Å²) in [4.78, 5) is 34.4. The first-order valence-electron chi connectivity index (χ1n) is 10.1. The Hall–Kier alpha value is -3.03. The normalized spacial score (nSPS) is 19.9. The molecule has 0 aromatic carbocycles. The SMILES string of the molecule is CC(=O)N1CCN(C(=O)C2CCCN(c3ccc(-c4ccncc4)nn3)C2)CC1. The van der Waals surface area contributed by atoms with E-state index in [1.807, 2.05) is 29.2 Å². The van der Waals surface area contributed by atoms with E-state index >= 15 is 0 Å². The lowest BCUT2D eigenvalue weighted by Gasteiger charge is -2.39. The summed E-state index contributed by atoms with van der Waals surface area (Å²) in [6.07, 6.45) is 5.33. The van der Waals surface area contributed by atoms with Crippen LogP contribution in [0.4, 0.5) is 5.82 Å². The second kappa shape index (κ2) is 8.55. The number of anilines is 1. The number of pyridine rings is 1. The van der Waals surface area contributed by atoms with Gasteiger partial charge in [-0.2, -0.15) is 0 Å². The molecule has 2 fully saturated rings. The van der Waals surface area contributed by atoms with Crippen molar-refractivity contribution in [1.29, 1.82) is 0 Å². The lowest BCUT2D eigenvalue weighted by molar-refractivity contribution is -0.141. The zero-order valence-corrected chi connectivity index (χ0v) is 16.7. The van der Waals surface area contributed by atoms with Gasteiger partial charge < -0.3 is 14.7 Å². The van der Waals surface area contributed by atoms with Gasteiger partial charge in [-0.05, 0) is 37.1 Å². The predicted molar refractivity (Wildman–Crippen MR) is 109 cm³/mol. The maximum absolute atomic E-state index is 13.0. The highest BCUT2D eigenvalue weighted by Crippen LogP contribution is 2.24. The number of aromatic nitrogens is 3. The van der Waals surface area contributed by atoms with Gasteiger partial charge in [-0.3, -0.25) is 14.6 Å². The molecule has 2 aliphatic rings. The van der Waals surface area contributed by atoms with E-state index in [1.54, 1.807) is 24.2 Å². The molecule has 1 atom stereocenters. The van der Waals surface area contributed by atoms with E-state index in [-0.39, 0.29) is 17.7 Å². The smallest absolute Gasteiger partial charge is 0.227 e. The Morgan fingerprint density at radius 3 is 2.31 bits per heavy atom. The Morgan fingerprint density at radius 2 is 1.66 bits per heavy atom. The van der Waals surface area contributed by atoms with E-state index in [1.165, 1.54) is 0 Å². The molecule has 4 heterocycles. The second-order valence-corrected chi connectivity index (χ2v) is 7.63. The number of hydrogen-bond acceptors (Lipinski definition) is 6. The summed E-state index contributed by atoms with van der Waals surface area (Å²) in [5.41, 5.74) is 1.79. The molecule has 2 aliphatic heterocycles. The number of nitrogens with zero attached hydrogens (tertiary/aromatic N) is 6. The van der Waals surface area contributed by atoms with Crippen molar-refractivity contribution in [2.45, 2.75) is 19.8 Å². The average molecular weight is 394 g/mol. The first-order chi connectivity index (χ1) is 14.1. The highest BCUT2D eigenvalue weighted by Gasteiger charge is 2.32. The highest BCUT2D eigenvalue weighted by atomic mass is 16.2. The van der Waals surface area contributed by atoms with Gasteiger partial charge in [0, 0.05) is 64.1 Å². The molecule has 2 aromatic heterocycles. The highest BCUT2D eigenvalue weighted by molar-refractivity contribution is 5.80. The molecular formula is C21H26N6O2. The van der Waals surface area contributed by atoms with Crippen molar-refractivity contribution in [3.05, 3.63) is 36.7 Å². The van der Waals surface area contributed by atoms with Gasteiger partial charge in [0.05, 0.1) is 11.6 Å². The Kier molecular flexibility index (Phi) is 5.69. The minimum Gasteiger partial charge on any atom is -0.354 e. The Balaban J connectivity index is 1.38. The van der Waals surface area contributed by atoms with Crippen LogP contribution < -0.4 is 4.90 Å². The Labute approximate surface area is 170 Å². The number of piperazine rings is 1. The van der Waals surface area contributed by atoms with E-state index in [2.05, 4.69) is 20.1 Å². The van der Waals surface area contributed by atoms with Gasteiger partial charge in [0.25, 0.3) is 0 Å². The van der Waals surface area contributed by atoms with Crippen LogP contribution in [0.3, 0.4) is 0 Å². The number of amides is 2. The van der Waals surface area contributed by atoms with E-state index in [0.717, 1.165) is 36.5 Å². The fourth-order valence-electron chi connectivity index (χ4n) is 4.06. The van der Waals surface area contributed by atoms with Crippen LogP contribution in [-0.4, -0.2) is 76.1 Å². The van der Waals surface area contributed by atoms with E-state index in [4.69, 9.17) is 0 Å². The van der Waals surface area contributed by atoms with Crippen LogP contribution in [0.15, 0.2) is 36.7 Å². The zero-order chi connectivity index (χ0) is 20.2. The molecule has 0 radical (unpaired) electrons. The van der Waals surface area contributed by atoms with Crippen molar-refractivity contribution >= 4 is 17.6 Å². The third kappa shape index (κ3) is 4.36. The summed E-state index contributed by atoms with van der Waals surface area (Å²) in [7, 11) is 0. The van der Waals surface area contributed by atoms with Gasteiger partial charge in [0.15, 0.2) is 5.82 Å². The van der Waals surface area contributed by atoms with Gasteiger partial charge in [-0.15, -0.1) is 10.2 Å². The predicted octanol–water partition coefficient (Wildman–Crippen LogP) is 1.45.